The third-order valence-electron chi connectivity index (χ3n) is 2.95. The summed E-state index contributed by atoms with van der Waals surface area (Å²) in [6.45, 7) is 5.15. The van der Waals surface area contributed by atoms with Crippen molar-refractivity contribution in [2.75, 3.05) is 12.4 Å². The van der Waals surface area contributed by atoms with Crippen molar-refractivity contribution in [3.8, 4) is 5.75 Å². The number of fused-ring (bicyclic) bond motifs is 1. The number of rotatable bonds is 5. The first-order chi connectivity index (χ1) is 8.56. The Bertz CT molecular complexity index is 423. The fourth-order valence-corrected chi connectivity index (χ4v) is 3.17. The molecule has 2 N–H and O–H groups in total. The molecule has 1 atom stereocenters. The van der Waals surface area contributed by atoms with E-state index in [1.54, 1.807) is 0 Å². The third-order valence-corrected chi connectivity index (χ3v) is 4.46. The van der Waals surface area contributed by atoms with Gasteiger partial charge < -0.3 is 10.5 Å². The summed E-state index contributed by atoms with van der Waals surface area (Å²) in [5, 5.41) is 1.41. The van der Waals surface area contributed by atoms with Gasteiger partial charge in [0.2, 0.25) is 0 Å². The highest BCUT2D eigenvalue weighted by molar-refractivity contribution is 7.99. The molecule has 0 saturated carbocycles. The Morgan fingerprint density at radius 3 is 2.94 bits per heavy atom. The molecule has 1 unspecified atom stereocenters. The third kappa shape index (κ3) is 3.56. The lowest BCUT2D eigenvalue weighted by Gasteiger charge is -2.15. The summed E-state index contributed by atoms with van der Waals surface area (Å²) in [4.78, 5) is 0. The zero-order valence-corrected chi connectivity index (χ0v) is 12.5. The molecule has 2 rings (SSSR count). The number of halogens is 1. The second-order valence-corrected chi connectivity index (χ2v) is 7.04. The number of thioether (sulfide) groups is 1. The molecule has 0 amide bonds. The van der Waals surface area contributed by atoms with Gasteiger partial charge in [0, 0.05) is 23.2 Å². The first-order valence-electron chi connectivity index (χ1n) is 6.37. The van der Waals surface area contributed by atoms with Crippen molar-refractivity contribution in [1.29, 1.82) is 0 Å². The molecule has 0 spiro atoms. The van der Waals surface area contributed by atoms with Crippen LogP contribution in [0.25, 0.3) is 0 Å². The molecule has 0 radical (unpaired) electrons. The first-order valence-corrected chi connectivity index (χ1v) is 7.80. The standard InChI is InChI=1S/C14H20ClNOS/c1-9(2)18-8-13(16)7-11-6-12(15)5-10-3-4-17-14(10)11/h5-6,9,13H,3-4,7-8,16H2,1-2H3. The monoisotopic (exact) mass is 285 g/mol. The smallest absolute Gasteiger partial charge is 0.125 e. The van der Waals surface area contributed by atoms with Crippen LogP contribution in [-0.4, -0.2) is 23.7 Å². The zero-order valence-electron chi connectivity index (χ0n) is 10.9. The van der Waals surface area contributed by atoms with Crippen molar-refractivity contribution >= 4 is 23.4 Å². The van der Waals surface area contributed by atoms with Crippen molar-refractivity contribution in [2.24, 2.45) is 5.73 Å². The van der Waals surface area contributed by atoms with Crippen LogP contribution in [0.3, 0.4) is 0 Å². The van der Waals surface area contributed by atoms with Gasteiger partial charge in [-0.3, -0.25) is 0 Å². The van der Waals surface area contributed by atoms with E-state index in [2.05, 4.69) is 13.8 Å². The van der Waals surface area contributed by atoms with E-state index in [9.17, 15) is 0 Å². The molecule has 1 aromatic rings. The summed E-state index contributed by atoms with van der Waals surface area (Å²) >= 11 is 8.04. The lowest BCUT2D eigenvalue weighted by molar-refractivity contribution is 0.353. The second-order valence-electron chi connectivity index (χ2n) is 5.00. The van der Waals surface area contributed by atoms with Gasteiger partial charge in [-0.15, -0.1) is 0 Å². The molecular formula is C14H20ClNOS. The van der Waals surface area contributed by atoms with Gasteiger partial charge in [0.25, 0.3) is 0 Å². The number of hydrogen-bond acceptors (Lipinski definition) is 3. The highest BCUT2D eigenvalue weighted by Gasteiger charge is 2.19. The number of benzene rings is 1. The predicted octanol–water partition coefficient (Wildman–Crippen LogP) is 3.29. The fourth-order valence-electron chi connectivity index (χ4n) is 2.16. The average Bonchev–Trinajstić information content (AvgIpc) is 2.74. The Hall–Kier alpha value is -0.380. The number of nitrogens with two attached hydrogens (primary N) is 1. The number of ether oxygens (including phenoxy) is 1. The quantitative estimate of drug-likeness (QED) is 0.902. The van der Waals surface area contributed by atoms with Gasteiger partial charge in [-0.05, 0) is 34.9 Å². The van der Waals surface area contributed by atoms with Gasteiger partial charge in [0.05, 0.1) is 6.61 Å². The molecule has 0 fully saturated rings. The molecule has 1 aliphatic rings. The largest absolute Gasteiger partial charge is 0.493 e. The summed E-state index contributed by atoms with van der Waals surface area (Å²) in [7, 11) is 0. The van der Waals surface area contributed by atoms with E-state index in [0.717, 1.165) is 41.5 Å². The van der Waals surface area contributed by atoms with Crippen LogP contribution in [0.2, 0.25) is 5.02 Å². The van der Waals surface area contributed by atoms with Crippen LogP contribution in [0.15, 0.2) is 12.1 Å². The van der Waals surface area contributed by atoms with Crippen molar-refractivity contribution in [2.45, 2.75) is 38.0 Å². The summed E-state index contributed by atoms with van der Waals surface area (Å²) in [5.41, 5.74) is 8.56. The van der Waals surface area contributed by atoms with E-state index in [-0.39, 0.29) is 6.04 Å². The number of hydrogen-bond donors (Lipinski definition) is 1. The molecular weight excluding hydrogens is 266 g/mol. The van der Waals surface area contributed by atoms with Crippen LogP contribution in [0.4, 0.5) is 0 Å². The zero-order chi connectivity index (χ0) is 13.1. The van der Waals surface area contributed by atoms with Crippen LogP contribution in [-0.2, 0) is 12.8 Å². The summed E-state index contributed by atoms with van der Waals surface area (Å²) < 4.78 is 5.69. The van der Waals surface area contributed by atoms with Crippen molar-refractivity contribution in [3.63, 3.8) is 0 Å². The predicted molar refractivity (Wildman–Crippen MR) is 79.9 cm³/mol. The molecule has 1 aliphatic heterocycles. The summed E-state index contributed by atoms with van der Waals surface area (Å²) in [6, 6.07) is 4.15. The van der Waals surface area contributed by atoms with Gasteiger partial charge in [-0.25, -0.2) is 0 Å². The van der Waals surface area contributed by atoms with E-state index >= 15 is 0 Å². The van der Waals surface area contributed by atoms with Crippen molar-refractivity contribution in [1.82, 2.24) is 0 Å². The Labute approximate surface area is 118 Å². The van der Waals surface area contributed by atoms with Crippen LogP contribution < -0.4 is 10.5 Å². The molecule has 1 heterocycles. The molecule has 2 nitrogen and oxygen atoms in total. The Kier molecular flexibility index (Phi) is 4.82. The van der Waals surface area contributed by atoms with Crippen molar-refractivity contribution in [3.05, 3.63) is 28.3 Å². The van der Waals surface area contributed by atoms with Gasteiger partial charge in [-0.1, -0.05) is 25.4 Å². The maximum Gasteiger partial charge on any atom is 0.125 e. The maximum atomic E-state index is 6.18. The maximum absolute atomic E-state index is 6.18. The van der Waals surface area contributed by atoms with E-state index in [4.69, 9.17) is 22.1 Å². The molecule has 4 heteroatoms. The molecule has 1 aromatic carbocycles. The van der Waals surface area contributed by atoms with Gasteiger partial charge in [-0.2, -0.15) is 11.8 Å². The van der Waals surface area contributed by atoms with E-state index in [1.807, 2.05) is 23.9 Å². The SMILES string of the molecule is CC(C)SCC(N)Cc1cc(Cl)cc2c1OCC2. The Balaban J connectivity index is 2.05. The molecule has 0 aromatic heterocycles. The molecule has 0 saturated heterocycles. The molecule has 100 valence electrons. The summed E-state index contributed by atoms with van der Waals surface area (Å²) in [6.07, 6.45) is 1.79. The van der Waals surface area contributed by atoms with Crippen LogP contribution in [0.5, 0.6) is 5.75 Å². The average molecular weight is 286 g/mol. The van der Waals surface area contributed by atoms with Crippen LogP contribution >= 0.6 is 23.4 Å². The molecule has 0 aliphatic carbocycles. The van der Waals surface area contributed by atoms with E-state index in [1.165, 1.54) is 5.56 Å². The Morgan fingerprint density at radius 1 is 1.44 bits per heavy atom. The van der Waals surface area contributed by atoms with Gasteiger partial charge in [0.15, 0.2) is 0 Å². The first kappa shape index (κ1) is 14.0. The minimum atomic E-state index is 0.157. The lowest BCUT2D eigenvalue weighted by Crippen LogP contribution is -2.26. The van der Waals surface area contributed by atoms with Crippen LogP contribution in [0, 0.1) is 0 Å². The minimum Gasteiger partial charge on any atom is -0.493 e. The highest BCUT2D eigenvalue weighted by Crippen LogP contribution is 2.33. The van der Waals surface area contributed by atoms with Crippen LogP contribution in [0.1, 0.15) is 25.0 Å². The topological polar surface area (TPSA) is 35.2 Å². The van der Waals surface area contributed by atoms with E-state index < -0.39 is 0 Å². The molecule has 18 heavy (non-hydrogen) atoms. The minimum absolute atomic E-state index is 0.157. The highest BCUT2D eigenvalue weighted by atomic mass is 35.5. The van der Waals surface area contributed by atoms with E-state index in [0.29, 0.717) is 5.25 Å². The van der Waals surface area contributed by atoms with Gasteiger partial charge >= 0.3 is 0 Å². The Morgan fingerprint density at radius 2 is 2.22 bits per heavy atom. The fraction of sp³-hybridized carbons (Fsp3) is 0.571. The normalized spacial score (nSPS) is 15.6. The second kappa shape index (κ2) is 6.18. The van der Waals surface area contributed by atoms with Gasteiger partial charge in [0.1, 0.15) is 5.75 Å². The van der Waals surface area contributed by atoms with Crippen molar-refractivity contribution < 1.29 is 4.74 Å². The summed E-state index contributed by atoms with van der Waals surface area (Å²) in [5.74, 6) is 1.99. The molecule has 0 bridgehead atoms. The lowest BCUT2D eigenvalue weighted by atomic mass is 10.0.